The smallest absolute Gasteiger partial charge is 0.197 e. The molecule has 3 N–H and O–H groups in total. The molecule has 1 aliphatic rings. The molecule has 2 unspecified atom stereocenters. The molecule has 5 nitrogen and oxygen atoms in total. The molecular weight excluding hydrogens is 422 g/mol. The maximum absolute atomic E-state index is 10.7. The molecule has 160 valence electrons. The van der Waals surface area contributed by atoms with E-state index in [1.807, 2.05) is 48.5 Å². The molecule has 0 radical (unpaired) electrons. The van der Waals surface area contributed by atoms with Crippen molar-refractivity contribution >= 4 is 24.2 Å². The van der Waals surface area contributed by atoms with E-state index in [1.54, 1.807) is 18.0 Å². The largest absolute Gasteiger partial charge is 0.448 e. The minimum absolute atomic E-state index is 0. The number of hydrogen-bond acceptors (Lipinski definition) is 6. The van der Waals surface area contributed by atoms with E-state index < -0.39 is 12.0 Å². The van der Waals surface area contributed by atoms with Gasteiger partial charge in [-0.15, -0.1) is 12.4 Å². The fourth-order valence-electron chi connectivity index (χ4n) is 3.35. The lowest BCUT2D eigenvalue weighted by molar-refractivity contribution is 0.0493. The van der Waals surface area contributed by atoms with Crippen molar-refractivity contribution in [2.75, 3.05) is 13.2 Å². The molecule has 0 saturated heterocycles. The summed E-state index contributed by atoms with van der Waals surface area (Å²) in [5, 5.41) is 29.5. The highest BCUT2D eigenvalue weighted by atomic mass is 35.5. The zero-order valence-corrected chi connectivity index (χ0v) is 18.1. The van der Waals surface area contributed by atoms with Crippen LogP contribution in [0.25, 0.3) is 11.3 Å². The maximum atomic E-state index is 10.7. The van der Waals surface area contributed by atoms with E-state index in [-0.39, 0.29) is 25.6 Å². The summed E-state index contributed by atoms with van der Waals surface area (Å²) in [5.41, 5.74) is 2.63. The van der Waals surface area contributed by atoms with Crippen LogP contribution in [0.2, 0.25) is 0 Å². The summed E-state index contributed by atoms with van der Waals surface area (Å²) in [6.07, 6.45) is 3.57. The van der Waals surface area contributed by atoms with Crippen LogP contribution in [-0.2, 0) is 0 Å². The molecule has 2 aromatic carbocycles. The lowest BCUT2D eigenvalue weighted by Gasteiger charge is -2.22. The normalized spacial score (nSPS) is 15.4. The first-order chi connectivity index (χ1) is 14.2. The first-order valence-electron chi connectivity index (χ1n) is 9.92. The van der Waals surface area contributed by atoms with E-state index in [0.717, 1.165) is 45.3 Å². The van der Waals surface area contributed by atoms with Crippen LogP contribution in [0.1, 0.15) is 42.7 Å². The molecule has 1 heterocycles. The number of halogens is 1. The van der Waals surface area contributed by atoms with Crippen molar-refractivity contribution in [2.24, 2.45) is 5.92 Å². The molecule has 4 rings (SSSR count). The number of aliphatic hydroxyl groups is 3. The first kappa shape index (κ1) is 22.8. The van der Waals surface area contributed by atoms with Crippen molar-refractivity contribution in [1.29, 1.82) is 0 Å². The average Bonchev–Trinajstić information content (AvgIpc) is 3.49. The van der Waals surface area contributed by atoms with Gasteiger partial charge in [0.25, 0.3) is 0 Å². The lowest BCUT2D eigenvalue weighted by Crippen LogP contribution is -2.18. The second-order valence-electron chi connectivity index (χ2n) is 7.41. The van der Waals surface area contributed by atoms with Gasteiger partial charge in [0, 0.05) is 40.4 Å². The van der Waals surface area contributed by atoms with Crippen molar-refractivity contribution in [3.63, 3.8) is 0 Å². The summed E-state index contributed by atoms with van der Waals surface area (Å²) >= 11 is 1.56. The van der Waals surface area contributed by atoms with Gasteiger partial charge in [0.2, 0.25) is 0 Å². The third-order valence-corrected chi connectivity index (χ3v) is 6.34. The molecule has 0 bridgehead atoms. The van der Waals surface area contributed by atoms with E-state index in [9.17, 15) is 15.3 Å². The van der Waals surface area contributed by atoms with Gasteiger partial charge in [-0.1, -0.05) is 42.1 Å². The Labute approximate surface area is 186 Å². The second kappa shape index (κ2) is 10.5. The van der Waals surface area contributed by atoms with Gasteiger partial charge in [0.05, 0.1) is 6.10 Å². The summed E-state index contributed by atoms with van der Waals surface area (Å²) in [5.74, 6) is 0.940. The topological polar surface area (TPSA) is 86.7 Å². The summed E-state index contributed by atoms with van der Waals surface area (Å²) in [7, 11) is 0. The molecule has 1 saturated carbocycles. The summed E-state index contributed by atoms with van der Waals surface area (Å²) in [6.45, 7) is -0.237. The predicted molar refractivity (Wildman–Crippen MR) is 119 cm³/mol. The summed E-state index contributed by atoms with van der Waals surface area (Å²) in [6, 6.07) is 15.8. The number of rotatable bonds is 9. The van der Waals surface area contributed by atoms with Crippen molar-refractivity contribution in [3.8, 4) is 11.3 Å². The van der Waals surface area contributed by atoms with Gasteiger partial charge >= 0.3 is 0 Å². The van der Waals surface area contributed by atoms with Crippen LogP contribution in [0.5, 0.6) is 0 Å². The molecule has 3 aromatic rings. The maximum Gasteiger partial charge on any atom is 0.197 e. The van der Waals surface area contributed by atoms with Crippen LogP contribution in [-0.4, -0.2) is 33.5 Å². The Morgan fingerprint density at radius 2 is 1.80 bits per heavy atom. The van der Waals surface area contributed by atoms with Crippen LogP contribution in [0, 0.1) is 5.92 Å². The number of aliphatic hydroxyl groups excluding tert-OH is 3. The Morgan fingerprint density at radius 1 is 1.07 bits per heavy atom. The molecule has 7 heteroatoms. The van der Waals surface area contributed by atoms with Crippen LogP contribution in [0.3, 0.4) is 0 Å². The zero-order valence-electron chi connectivity index (χ0n) is 16.5. The summed E-state index contributed by atoms with van der Waals surface area (Å²) in [4.78, 5) is 6.56. The van der Waals surface area contributed by atoms with Gasteiger partial charge < -0.3 is 19.7 Å². The molecule has 0 spiro atoms. The van der Waals surface area contributed by atoms with Gasteiger partial charge in [-0.25, -0.2) is 4.98 Å². The number of benzene rings is 2. The Balaban J connectivity index is 0.00000256. The van der Waals surface area contributed by atoms with E-state index in [0.29, 0.717) is 12.3 Å². The Hall–Kier alpha value is -1.83. The van der Waals surface area contributed by atoms with Gasteiger partial charge in [-0.2, -0.15) is 0 Å². The van der Waals surface area contributed by atoms with Crippen molar-refractivity contribution < 1.29 is 19.7 Å². The molecular formula is C23H26ClNO4S. The zero-order chi connectivity index (χ0) is 20.2. The van der Waals surface area contributed by atoms with Crippen molar-refractivity contribution in [3.05, 3.63) is 66.2 Å². The van der Waals surface area contributed by atoms with E-state index in [1.165, 1.54) is 0 Å². The minimum Gasteiger partial charge on any atom is -0.448 e. The summed E-state index contributed by atoms with van der Waals surface area (Å²) < 4.78 is 5.58. The predicted octanol–water partition coefficient (Wildman–Crippen LogP) is 4.82. The average molecular weight is 448 g/mol. The number of aromatic nitrogens is 1. The van der Waals surface area contributed by atoms with Gasteiger partial charge in [-0.3, -0.25) is 0 Å². The third kappa shape index (κ3) is 5.25. The van der Waals surface area contributed by atoms with E-state index >= 15 is 0 Å². The van der Waals surface area contributed by atoms with Gasteiger partial charge in [0.1, 0.15) is 12.0 Å². The number of oxazole rings is 1. The van der Waals surface area contributed by atoms with Crippen molar-refractivity contribution in [2.45, 2.75) is 41.1 Å². The van der Waals surface area contributed by atoms with Gasteiger partial charge in [0.15, 0.2) is 5.89 Å². The highest BCUT2D eigenvalue weighted by molar-refractivity contribution is 7.99. The fraction of sp³-hybridized carbons (Fsp3) is 0.348. The van der Waals surface area contributed by atoms with Crippen LogP contribution < -0.4 is 0 Å². The lowest BCUT2D eigenvalue weighted by atomic mass is 9.94. The van der Waals surface area contributed by atoms with Crippen LogP contribution in [0.15, 0.2) is 69.0 Å². The van der Waals surface area contributed by atoms with E-state index in [4.69, 9.17) is 4.42 Å². The Kier molecular flexibility index (Phi) is 7.97. The number of nitrogens with zero attached hydrogens (tertiary/aromatic N) is 1. The molecule has 1 fully saturated rings. The quantitative estimate of drug-likeness (QED) is 0.436. The number of hydrogen-bond donors (Lipinski definition) is 3. The molecule has 30 heavy (non-hydrogen) atoms. The van der Waals surface area contributed by atoms with E-state index in [2.05, 4.69) is 4.98 Å². The van der Waals surface area contributed by atoms with Crippen LogP contribution >= 0.6 is 24.2 Å². The van der Waals surface area contributed by atoms with Crippen molar-refractivity contribution in [1.82, 2.24) is 4.98 Å². The fourth-order valence-corrected chi connectivity index (χ4v) is 4.32. The SMILES string of the molecule is Cl.OCCC(CO)C(O)c1ccccc1Sc1ccc(-c2coc(C3CC3)n2)cc1. The molecule has 1 aromatic heterocycles. The highest BCUT2D eigenvalue weighted by Crippen LogP contribution is 2.40. The van der Waals surface area contributed by atoms with Crippen LogP contribution in [0.4, 0.5) is 0 Å². The molecule has 1 aliphatic carbocycles. The molecule has 0 aliphatic heterocycles. The molecule has 2 atom stereocenters. The molecule has 0 amide bonds. The second-order valence-corrected chi connectivity index (χ2v) is 8.52. The first-order valence-corrected chi connectivity index (χ1v) is 10.7. The highest BCUT2D eigenvalue weighted by Gasteiger charge is 2.28. The third-order valence-electron chi connectivity index (χ3n) is 5.25. The Morgan fingerprint density at radius 3 is 2.47 bits per heavy atom. The minimum atomic E-state index is -0.828. The monoisotopic (exact) mass is 447 g/mol. The Bertz CT molecular complexity index is 942. The van der Waals surface area contributed by atoms with Gasteiger partial charge in [-0.05, 0) is 43.0 Å². The standard InChI is InChI=1S/C23H25NO4S.ClH/c25-12-11-17(13-26)22(27)19-3-1-2-4-21(19)29-18-9-7-15(8-10-18)20-14-28-23(24-20)16-5-6-16;/h1-4,7-10,14,16-17,22,25-27H,5-6,11-13H2;1H.